The van der Waals surface area contributed by atoms with Crippen LogP contribution < -0.4 is 15.8 Å². The number of carbonyl (C=O) groups excluding carboxylic acids is 1. The Balaban J connectivity index is 1.23. The van der Waals surface area contributed by atoms with Crippen LogP contribution in [-0.4, -0.2) is 36.8 Å². The fourth-order valence-electron chi connectivity index (χ4n) is 6.40. The number of H-pyrrole nitrogens is 1. The molecule has 4 heterocycles. The molecule has 0 aliphatic carbocycles. The third-order valence-corrected chi connectivity index (χ3v) is 8.98. The third kappa shape index (κ3) is 6.85. The molecule has 6 rings (SSSR count). The molecule has 9 nitrogen and oxygen atoms in total. The molecule has 7 N–H and O–H groups in total. The van der Waals surface area contributed by atoms with Crippen molar-refractivity contribution >= 4 is 22.8 Å². The van der Waals surface area contributed by atoms with Crippen LogP contribution in [0.4, 0.5) is 0 Å². The van der Waals surface area contributed by atoms with Crippen molar-refractivity contribution in [2.75, 3.05) is 0 Å². The van der Waals surface area contributed by atoms with Gasteiger partial charge in [0.05, 0.1) is 18.0 Å². The van der Waals surface area contributed by atoms with Crippen LogP contribution in [0.5, 0.6) is 11.5 Å². The Bertz CT molecular complexity index is 1810. The minimum atomic E-state index is -1.01. The number of phenolic OH excluding ortho intramolecular Hbond substituents is 1. The van der Waals surface area contributed by atoms with Crippen LogP contribution >= 0.6 is 0 Å². The number of hydrogen-bond acceptors (Lipinski definition) is 7. The number of aromatic amines is 1. The molecule has 46 heavy (non-hydrogen) atoms. The summed E-state index contributed by atoms with van der Waals surface area (Å²) in [5.41, 5.74) is 12.9. The Morgan fingerprint density at radius 2 is 2.04 bits per heavy atom. The van der Waals surface area contributed by atoms with Crippen molar-refractivity contribution in [3.05, 3.63) is 88.5 Å². The summed E-state index contributed by atoms with van der Waals surface area (Å²) < 4.78 is 8.32. The number of rotatable bonds is 11. The number of benzene rings is 2. The van der Waals surface area contributed by atoms with Crippen molar-refractivity contribution in [3.63, 3.8) is 0 Å². The zero-order chi connectivity index (χ0) is 32.2. The number of ether oxygens (including phenoxy) is 1. The predicted molar refractivity (Wildman–Crippen MR) is 178 cm³/mol. The maximum atomic E-state index is 12.5. The van der Waals surface area contributed by atoms with Crippen molar-refractivity contribution in [3.8, 4) is 23.3 Å². The monoisotopic (exact) mass is 622 g/mol. The molecular formula is C37H42N4O5. The Morgan fingerprint density at radius 1 is 1.20 bits per heavy atom. The summed E-state index contributed by atoms with van der Waals surface area (Å²) in [5, 5.41) is 36.3. The second kappa shape index (κ2) is 13.9. The lowest BCUT2D eigenvalue weighted by Crippen LogP contribution is -2.28. The highest BCUT2D eigenvalue weighted by atomic mass is 16.5. The summed E-state index contributed by atoms with van der Waals surface area (Å²) in [6, 6.07) is 8.96. The largest absolute Gasteiger partial charge is 0.504 e. The minimum absolute atomic E-state index is 0.0154. The lowest BCUT2D eigenvalue weighted by molar-refractivity contribution is -0.121. The van der Waals surface area contributed by atoms with E-state index in [0.29, 0.717) is 25.7 Å². The maximum absolute atomic E-state index is 12.5. The second-order valence-electron chi connectivity index (χ2n) is 12.3. The van der Waals surface area contributed by atoms with Crippen molar-refractivity contribution in [1.29, 1.82) is 0 Å². The molecule has 2 aromatic heterocycles. The molecule has 0 amide bonds. The number of unbranched alkanes of at least 4 members (excludes halogenated alkanes) is 2. The van der Waals surface area contributed by atoms with Gasteiger partial charge in [-0.1, -0.05) is 56.2 Å². The van der Waals surface area contributed by atoms with Gasteiger partial charge in [0.1, 0.15) is 18.1 Å². The molecule has 0 unspecified atom stereocenters. The van der Waals surface area contributed by atoms with E-state index in [1.807, 2.05) is 47.6 Å². The zero-order valence-corrected chi connectivity index (χ0v) is 26.1. The van der Waals surface area contributed by atoms with Crippen molar-refractivity contribution < 1.29 is 24.9 Å². The van der Waals surface area contributed by atoms with Crippen molar-refractivity contribution in [1.82, 2.24) is 14.9 Å². The normalized spacial score (nSPS) is 19.3. The molecule has 0 spiro atoms. The van der Waals surface area contributed by atoms with Gasteiger partial charge in [0, 0.05) is 43.2 Å². The third-order valence-electron chi connectivity index (χ3n) is 8.98. The van der Waals surface area contributed by atoms with Gasteiger partial charge in [-0.2, -0.15) is 0 Å². The number of aromatic nitrogens is 2. The molecule has 0 saturated heterocycles. The molecule has 0 fully saturated rings. The summed E-state index contributed by atoms with van der Waals surface area (Å²) >= 11 is 0. The van der Waals surface area contributed by atoms with Crippen molar-refractivity contribution in [2.24, 2.45) is 5.73 Å². The fourth-order valence-corrected chi connectivity index (χ4v) is 6.40. The first-order chi connectivity index (χ1) is 22.3. The molecule has 4 atom stereocenters. The Labute approximate surface area is 269 Å². The van der Waals surface area contributed by atoms with Crippen LogP contribution in [-0.2, 0) is 17.6 Å². The van der Waals surface area contributed by atoms with Gasteiger partial charge < -0.3 is 40.7 Å². The molecular weight excluding hydrogens is 580 g/mol. The number of carbonyl (C=O) groups is 1. The minimum Gasteiger partial charge on any atom is -0.504 e. The average Bonchev–Trinajstić information content (AvgIpc) is 3.62. The van der Waals surface area contributed by atoms with E-state index in [1.54, 1.807) is 18.2 Å². The maximum Gasteiger partial charge on any atom is 0.186 e. The number of nitrogens with one attached hydrogen (secondary N) is 2. The van der Waals surface area contributed by atoms with E-state index in [1.165, 1.54) is 0 Å². The van der Waals surface area contributed by atoms with E-state index in [9.17, 15) is 20.1 Å². The van der Waals surface area contributed by atoms with Gasteiger partial charge in [-0.3, -0.25) is 4.79 Å². The highest BCUT2D eigenvalue weighted by Crippen LogP contribution is 2.36. The second-order valence-corrected chi connectivity index (χ2v) is 12.3. The smallest absolute Gasteiger partial charge is 0.186 e. The number of aliphatic hydroxyl groups excluding tert-OH is 2. The lowest BCUT2D eigenvalue weighted by atomic mass is 9.87. The SMILES string of the molecule is CCCCC[C@@H](O)CC(=O)CCc1ccc(O)c(O[C@@H]2CC#C[C@@H](O)c3ccc4c(c3Cc3c[nH]c5cn2cc35)C=CN[C@@H]4N)c1. The summed E-state index contributed by atoms with van der Waals surface area (Å²) in [4.78, 5) is 15.9. The molecule has 240 valence electrons. The van der Waals surface area contributed by atoms with E-state index >= 15 is 0 Å². The number of aliphatic hydroxyl groups is 2. The van der Waals surface area contributed by atoms with Crippen LogP contribution in [0.1, 0.15) is 104 Å². The average molecular weight is 623 g/mol. The molecule has 9 heteroatoms. The number of nitrogens with two attached hydrogens (primary N) is 1. The first-order valence-electron chi connectivity index (χ1n) is 16.2. The van der Waals surface area contributed by atoms with Crippen LogP contribution in [0.25, 0.3) is 17.0 Å². The number of Topliss-reactive ketones (excluding diaryl/α,β-unsaturated/α-hetero) is 1. The first-order valence-corrected chi connectivity index (χ1v) is 16.2. The summed E-state index contributed by atoms with van der Waals surface area (Å²) in [7, 11) is 0. The lowest BCUT2D eigenvalue weighted by Gasteiger charge is -2.25. The summed E-state index contributed by atoms with van der Waals surface area (Å²) in [6.07, 6.45) is 12.7. The van der Waals surface area contributed by atoms with Gasteiger partial charge >= 0.3 is 0 Å². The Hall–Kier alpha value is -4.49. The first kappa shape index (κ1) is 31.5. The highest BCUT2D eigenvalue weighted by Gasteiger charge is 2.24. The quantitative estimate of drug-likeness (QED) is 0.0937. The van der Waals surface area contributed by atoms with Gasteiger partial charge in [0.2, 0.25) is 0 Å². The van der Waals surface area contributed by atoms with E-state index in [2.05, 4.69) is 29.1 Å². The predicted octanol–water partition coefficient (Wildman–Crippen LogP) is 5.65. The van der Waals surface area contributed by atoms with E-state index < -0.39 is 18.4 Å². The van der Waals surface area contributed by atoms with Gasteiger partial charge in [-0.15, -0.1) is 0 Å². The molecule has 2 bridgehead atoms. The molecule has 4 aromatic rings. The van der Waals surface area contributed by atoms with Gasteiger partial charge in [0.25, 0.3) is 0 Å². The van der Waals surface area contributed by atoms with E-state index in [-0.39, 0.29) is 36.3 Å². The zero-order valence-electron chi connectivity index (χ0n) is 26.1. The standard InChI is InChI=1S/C37H42N4O5/c1-2-3-4-6-25(42)19-26(43)11-9-23-10-14-34(45)35(17-23)46-36-8-5-7-33(44)28-12-13-29-27(15-16-39-37(29)38)30(28)18-24-20-40-32-22-41(36)21-31(24)32/h10,12-17,20-22,25,33,36-37,39-40,42,44-45H,2-4,6,8-9,11,18-19,38H2,1H3/t25-,33-,36-,37+/m1/s1. The van der Waals surface area contributed by atoms with E-state index in [0.717, 1.165) is 63.5 Å². The molecule has 0 saturated carbocycles. The molecule has 2 aliphatic heterocycles. The number of aryl methyl sites for hydroxylation is 1. The number of ketones is 1. The van der Waals surface area contributed by atoms with Crippen LogP contribution in [0.2, 0.25) is 0 Å². The topological polar surface area (TPSA) is 146 Å². The van der Waals surface area contributed by atoms with Gasteiger partial charge in [-0.05, 0) is 70.6 Å². The molecule has 0 radical (unpaired) electrons. The number of hydrogen-bond donors (Lipinski definition) is 6. The fraction of sp³-hybridized carbons (Fsp3) is 0.378. The molecule has 2 aliphatic rings. The van der Waals surface area contributed by atoms with Gasteiger partial charge in [-0.25, -0.2) is 0 Å². The van der Waals surface area contributed by atoms with E-state index in [4.69, 9.17) is 10.5 Å². The highest BCUT2D eigenvalue weighted by molar-refractivity contribution is 5.84. The molecule has 2 aromatic carbocycles. The number of aromatic hydroxyl groups is 1. The summed E-state index contributed by atoms with van der Waals surface area (Å²) in [6.45, 7) is 2.11. The number of fused-ring (bicyclic) bond motifs is 4. The Kier molecular flexibility index (Phi) is 9.50. The van der Waals surface area contributed by atoms with Gasteiger partial charge in [0.15, 0.2) is 17.7 Å². The van der Waals surface area contributed by atoms with Crippen LogP contribution in [0.3, 0.4) is 0 Å². The number of phenols is 1. The van der Waals surface area contributed by atoms with Crippen LogP contribution in [0.15, 0.2) is 55.1 Å². The summed E-state index contributed by atoms with van der Waals surface area (Å²) in [5.74, 6) is 6.43. The Morgan fingerprint density at radius 3 is 2.89 bits per heavy atom. The van der Waals surface area contributed by atoms with Crippen LogP contribution in [0, 0.1) is 11.8 Å². The number of nitrogens with zero attached hydrogens (tertiary/aromatic N) is 1. The van der Waals surface area contributed by atoms with Crippen molar-refractivity contribution in [2.45, 2.75) is 89.3 Å².